The second kappa shape index (κ2) is 12.3. The molecule has 0 spiro atoms. The minimum atomic E-state index is -1.59. The molecule has 3 aromatic rings. The van der Waals surface area contributed by atoms with Gasteiger partial charge in [-0.25, -0.2) is 0 Å². The number of hydrogen-bond acceptors (Lipinski definition) is 5. The fraction of sp³-hybridized carbons (Fsp3) is 0.355. The number of esters is 2. The van der Waals surface area contributed by atoms with E-state index in [1.165, 1.54) is 7.11 Å². The minimum Gasteiger partial charge on any atom is -0.468 e. The Morgan fingerprint density at radius 2 is 1.41 bits per heavy atom. The minimum absolute atomic E-state index is 0.0397. The molecule has 4 rings (SSSR count). The molecule has 0 aliphatic heterocycles. The van der Waals surface area contributed by atoms with E-state index in [9.17, 15) is 13.8 Å². The maximum Gasteiger partial charge on any atom is 0.321 e. The SMILES string of the molecule is COC(=O)[C@@H](CC(C)C)[S@@](=O)CC(Cc1ccccc1)C(=O)OCC1c2ccccc2-c2ccccc21. The van der Waals surface area contributed by atoms with Crippen LogP contribution in [0.15, 0.2) is 78.9 Å². The Kier molecular flexibility index (Phi) is 8.93. The van der Waals surface area contributed by atoms with Crippen LogP contribution >= 0.6 is 0 Å². The third kappa shape index (κ3) is 6.37. The van der Waals surface area contributed by atoms with E-state index in [4.69, 9.17) is 9.47 Å². The van der Waals surface area contributed by atoms with Crippen LogP contribution in [0.4, 0.5) is 0 Å². The topological polar surface area (TPSA) is 69.7 Å². The van der Waals surface area contributed by atoms with Crippen LogP contribution in [-0.2, 0) is 36.3 Å². The van der Waals surface area contributed by atoms with Gasteiger partial charge in [-0.2, -0.15) is 0 Å². The lowest BCUT2D eigenvalue weighted by molar-refractivity contribution is -0.148. The molecule has 0 heterocycles. The molecular weight excluding hydrogens is 484 g/mol. The Morgan fingerprint density at radius 3 is 1.97 bits per heavy atom. The molecule has 5 nitrogen and oxygen atoms in total. The lowest BCUT2D eigenvalue weighted by Crippen LogP contribution is -2.35. The molecule has 3 atom stereocenters. The van der Waals surface area contributed by atoms with E-state index in [0.29, 0.717) is 12.8 Å². The smallest absolute Gasteiger partial charge is 0.321 e. The summed E-state index contributed by atoms with van der Waals surface area (Å²) in [6.07, 6.45) is 0.820. The molecule has 0 aromatic heterocycles. The van der Waals surface area contributed by atoms with Crippen molar-refractivity contribution in [3.8, 4) is 11.1 Å². The molecule has 1 aliphatic rings. The van der Waals surface area contributed by atoms with Crippen LogP contribution in [0.1, 0.15) is 42.9 Å². The molecule has 0 saturated heterocycles. The van der Waals surface area contributed by atoms with Crippen molar-refractivity contribution in [3.63, 3.8) is 0 Å². The van der Waals surface area contributed by atoms with Crippen molar-refractivity contribution in [2.75, 3.05) is 19.5 Å². The molecule has 3 aromatic carbocycles. The summed E-state index contributed by atoms with van der Waals surface area (Å²) < 4.78 is 24.2. The zero-order valence-corrected chi connectivity index (χ0v) is 22.4. The second-order valence-corrected chi connectivity index (χ2v) is 11.6. The molecule has 37 heavy (non-hydrogen) atoms. The van der Waals surface area contributed by atoms with Crippen molar-refractivity contribution in [2.24, 2.45) is 11.8 Å². The zero-order chi connectivity index (χ0) is 26.4. The third-order valence-corrected chi connectivity index (χ3v) is 8.60. The Labute approximate surface area is 221 Å². The third-order valence-electron chi connectivity index (χ3n) is 6.85. The number of hydrogen-bond donors (Lipinski definition) is 0. The summed E-state index contributed by atoms with van der Waals surface area (Å²) in [7, 11) is -0.281. The van der Waals surface area contributed by atoms with Gasteiger partial charge in [-0.1, -0.05) is 92.7 Å². The first-order valence-corrected chi connectivity index (χ1v) is 14.1. The van der Waals surface area contributed by atoms with Gasteiger partial charge in [0.05, 0.1) is 13.0 Å². The van der Waals surface area contributed by atoms with Gasteiger partial charge in [-0.3, -0.25) is 13.8 Å². The van der Waals surface area contributed by atoms with Crippen LogP contribution in [0.3, 0.4) is 0 Å². The standard InChI is InChI=1S/C31H34O5S/c1-21(2)17-29(31(33)35-3)37(34)20-23(18-22-11-5-4-6-12-22)30(32)36-19-28-26-15-9-7-13-24(26)25-14-8-10-16-27(25)28/h4-16,21,23,28-29H,17-20H2,1-3H3/t23?,29-,37+/m1/s1. The van der Waals surface area contributed by atoms with Crippen LogP contribution in [0.5, 0.6) is 0 Å². The number of carbonyl (C=O) groups excluding carboxylic acids is 2. The predicted octanol–water partition coefficient (Wildman–Crippen LogP) is 5.54. The summed E-state index contributed by atoms with van der Waals surface area (Å²) in [6.45, 7) is 4.15. The van der Waals surface area contributed by atoms with Crippen molar-refractivity contribution >= 4 is 22.7 Å². The molecule has 194 valence electrons. The molecule has 0 amide bonds. The van der Waals surface area contributed by atoms with Gasteiger partial charge in [0, 0.05) is 22.5 Å². The summed E-state index contributed by atoms with van der Waals surface area (Å²) in [4.78, 5) is 25.9. The summed E-state index contributed by atoms with van der Waals surface area (Å²) in [5.41, 5.74) is 5.56. The summed E-state index contributed by atoms with van der Waals surface area (Å²) >= 11 is 0. The largest absolute Gasteiger partial charge is 0.468 e. The molecule has 1 aliphatic carbocycles. The van der Waals surface area contributed by atoms with Crippen molar-refractivity contribution in [3.05, 3.63) is 95.6 Å². The molecule has 1 unspecified atom stereocenters. The van der Waals surface area contributed by atoms with Crippen LogP contribution in [0, 0.1) is 11.8 Å². The van der Waals surface area contributed by atoms with Crippen molar-refractivity contribution in [1.82, 2.24) is 0 Å². The average Bonchev–Trinajstić information content (AvgIpc) is 3.23. The van der Waals surface area contributed by atoms with E-state index in [1.807, 2.05) is 68.4 Å². The van der Waals surface area contributed by atoms with Crippen molar-refractivity contribution in [1.29, 1.82) is 0 Å². The van der Waals surface area contributed by atoms with E-state index in [2.05, 4.69) is 24.3 Å². The van der Waals surface area contributed by atoms with E-state index in [-0.39, 0.29) is 24.2 Å². The van der Waals surface area contributed by atoms with Crippen molar-refractivity contribution < 1.29 is 23.3 Å². The maximum absolute atomic E-state index is 13.5. The van der Waals surface area contributed by atoms with E-state index >= 15 is 0 Å². The first-order valence-electron chi connectivity index (χ1n) is 12.7. The first kappa shape index (κ1) is 26.8. The molecule has 0 fully saturated rings. The lowest BCUT2D eigenvalue weighted by Gasteiger charge is -2.22. The average molecular weight is 519 g/mol. The van der Waals surface area contributed by atoms with Gasteiger partial charge in [0.1, 0.15) is 11.9 Å². The van der Waals surface area contributed by atoms with E-state index in [0.717, 1.165) is 27.8 Å². The second-order valence-electron chi connectivity index (χ2n) is 9.93. The number of carbonyl (C=O) groups is 2. The highest BCUT2D eigenvalue weighted by atomic mass is 32.2. The van der Waals surface area contributed by atoms with Crippen LogP contribution in [0.25, 0.3) is 11.1 Å². The van der Waals surface area contributed by atoms with Crippen LogP contribution in [0.2, 0.25) is 0 Å². The number of methoxy groups -OCH3 is 1. The Bertz CT molecular complexity index is 1210. The Morgan fingerprint density at radius 1 is 0.838 bits per heavy atom. The predicted molar refractivity (Wildman–Crippen MR) is 147 cm³/mol. The monoisotopic (exact) mass is 518 g/mol. The van der Waals surface area contributed by atoms with Gasteiger partial charge in [0.2, 0.25) is 0 Å². The number of ether oxygens (including phenoxy) is 2. The fourth-order valence-electron chi connectivity index (χ4n) is 5.02. The normalized spacial score (nSPS) is 14.9. The fourth-order valence-corrected chi connectivity index (χ4v) is 6.81. The molecule has 0 radical (unpaired) electrons. The molecule has 0 bridgehead atoms. The zero-order valence-electron chi connectivity index (χ0n) is 21.6. The Hall–Kier alpha value is -3.25. The van der Waals surface area contributed by atoms with Gasteiger partial charge in [0.15, 0.2) is 0 Å². The van der Waals surface area contributed by atoms with Gasteiger partial charge in [-0.05, 0) is 46.6 Å². The van der Waals surface area contributed by atoms with Gasteiger partial charge < -0.3 is 9.47 Å². The summed E-state index contributed by atoms with van der Waals surface area (Å²) in [5, 5.41) is -0.773. The van der Waals surface area contributed by atoms with Crippen LogP contribution < -0.4 is 0 Å². The summed E-state index contributed by atoms with van der Waals surface area (Å²) in [5.74, 6) is -1.39. The van der Waals surface area contributed by atoms with E-state index in [1.54, 1.807) is 0 Å². The highest BCUT2D eigenvalue weighted by molar-refractivity contribution is 7.86. The van der Waals surface area contributed by atoms with E-state index < -0.39 is 33.9 Å². The molecule has 0 N–H and O–H groups in total. The van der Waals surface area contributed by atoms with Gasteiger partial charge in [0.25, 0.3) is 0 Å². The highest BCUT2D eigenvalue weighted by Crippen LogP contribution is 2.44. The van der Waals surface area contributed by atoms with Crippen molar-refractivity contribution in [2.45, 2.75) is 37.9 Å². The highest BCUT2D eigenvalue weighted by Gasteiger charge is 2.34. The number of rotatable bonds is 11. The summed E-state index contributed by atoms with van der Waals surface area (Å²) in [6, 6.07) is 26.0. The molecule has 6 heteroatoms. The first-order chi connectivity index (χ1) is 17.9. The van der Waals surface area contributed by atoms with Gasteiger partial charge >= 0.3 is 11.9 Å². The molecule has 0 saturated carbocycles. The number of fused-ring (bicyclic) bond motifs is 3. The molecular formula is C31H34O5S. The van der Waals surface area contributed by atoms with Crippen LogP contribution in [-0.4, -0.2) is 40.9 Å². The maximum atomic E-state index is 13.5. The lowest BCUT2D eigenvalue weighted by atomic mass is 9.97. The van der Waals surface area contributed by atoms with Gasteiger partial charge in [-0.15, -0.1) is 0 Å². The quantitative estimate of drug-likeness (QED) is 0.312. The number of benzene rings is 3. The Balaban J connectivity index is 1.53.